The minimum Gasteiger partial charge on any atom is -0.465 e. The van der Waals surface area contributed by atoms with Crippen LogP contribution in [0.25, 0.3) is 0 Å². The molecular formula is C15H21NO2. The minimum absolute atomic E-state index is 0.178. The Hall–Kier alpha value is -1.61. The van der Waals surface area contributed by atoms with Crippen molar-refractivity contribution >= 4 is 5.97 Å². The van der Waals surface area contributed by atoms with Crippen LogP contribution in [-0.2, 0) is 9.53 Å². The Morgan fingerprint density at radius 3 is 2.67 bits per heavy atom. The molecule has 0 aliphatic carbocycles. The molecule has 0 spiro atoms. The van der Waals surface area contributed by atoms with E-state index in [4.69, 9.17) is 4.74 Å². The van der Waals surface area contributed by atoms with Gasteiger partial charge in [-0.3, -0.25) is 5.32 Å². The lowest BCUT2D eigenvalue weighted by atomic mass is 10.1. The van der Waals surface area contributed by atoms with E-state index in [-0.39, 0.29) is 12.0 Å². The highest BCUT2D eigenvalue weighted by Gasteiger charge is 2.22. The van der Waals surface area contributed by atoms with Gasteiger partial charge in [-0.25, -0.2) is 4.79 Å². The molecule has 0 aromatic heterocycles. The van der Waals surface area contributed by atoms with Crippen LogP contribution in [0.2, 0.25) is 0 Å². The third kappa shape index (κ3) is 4.34. The fourth-order valence-electron chi connectivity index (χ4n) is 1.77. The molecule has 0 amide bonds. The first kappa shape index (κ1) is 14.5. The van der Waals surface area contributed by atoms with Crippen LogP contribution in [0.3, 0.4) is 0 Å². The first-order chi connectivity index (χ1) is 8.69. The van der Waals surface area contributed by atoms with E-state index < -0.39 is 6.04 Å². The van der Waals surface area contributed by atoms with E-state index in [1.165, 1.54) is 0 Å². The molecule has 2 unspecified atom stereocenters. The largest absolute Gasteiger partial charge is 0.465 e. The van der Waals surface area contributed by atoms with Crippen LogP contribution in [0.15, 0.2) is 43.0 Å². The van der Waals surface area contributed by atoms with Gasteiger partial charge in [0.1, 0.15) is 6.04 Å². The van der Waals surface area contributed by atoms with E-state index in [2.05, 4.69) is 11.9 Å². The maximum atomic E-state index is 12.0. The van der Waals surface area contributed by atoms with E-state index >= 15 is 0 Å². The molecule has 18 heavy (non-hydrogen) atoms. The van der Waals surface area contributed by atoms with Crippen molar-refractivity contribution < 1.29 is 9.53 Å². The highest BCUT2D eigenvalue weighted by atomic mass is 16.5. The van der Waals surface area contributed by atoms with Gasteiger partial charge in [-0.05, 0) is 25.8 Å². The summed E-state index contributed by atoms with van der Waals surface area (Å²) >= 11 is 0. The summed E-state index contributed by atoms with van der Waals surface area (Å²) in [4.78, 5) is 12.0. The number of esters is 1. The van der Waals surface area contributed by atoms with E-state index in [9.17, 15) is 4.79 Å². The van der Waals surface area contributed by atoms with Gasteiger partial charge >= 0.3 is 5.97 Å². The summed E-state index contributed by atoms with van der Waals surface area (Å²) in [6, 6.07) is 9.38. The second kappa shape index (κ2) is 7.67. The fraction of sp³-hybridized carbons (Fsp3) is 0.400. The highest BCUT2D eigenvalue weighted by Crippen LogP contribution is 2.16. The van der Waals surface area contributed by atoms with Gasteiger partial charge in [-0.2, -0.15) is 0 Å². The molecule has 1 aromatic carbocycles. The first-order valence-corrected chi connectivity index (χ1v) is 6.27. The van der Waals surface area contributed by atoms with Crippen molar-refractivity contribution in [2.75, 3.05) is 6.61 Å². The average Bonchev–Trinajstić information content (AvgIpc) is 2.37. The minimum atomic E-state index is -0.416. The molecular weight excluding hydrogens is 226 g/mol. The van der Waals surface area contributed by atoms with Crippen molar-refractivity contribution in [3.63, 3.8) is 0 Å². The zero-order valence-corrected chi connectivity index (χ0v) is 11.1. The van der Waals surface area contributed by atoms with Gasteiger partial charge in [0.2, 0.25) is 0 Å². The molecule has 1 N–H and O–H groups in total. The highest BCUT2D eigenvalue weighted by molar-refractivity contribution is 5.77. The third-order valence-corrected chi connectivity index (χ3v) is 2.63. The third-order valence-electron chi connectivity index (χ3n) is 2.63. The van der Waals surface area contributed by atoms with Crippen molar-refractivity contribution in [2.45, 2.75) is 32.4 Å². The van der Waals surface area contributed by atoms with Gasteiger partial charge in [-0.1, -0.05) is 36.4 Å². The summed E-state index contributed by atoms with van der Waals surface area (Å²) in [5, 5.41) is 3.27. The van der Waals surface area contributed by atoms with Crippen molar-refractivity contribution in [1.29, 1.82) is 0 Å². The number of benzene rings is 1. The molecule has 0 heterocycles. The Morgan fingerprint density at radius 1 is 1.44 bits per heavy atom. The van der Waals surface area contributed by atoms with E-state index in [1.807, 2.05) is 50.3 Å². The maximum Gasteiger partial charge on any atom is 0.327 e. The summed E-state index contributed by atoms with van der Waals surface area (Å²) in [5.74, 6) is -0.236. The van der Waals surface area contributed by atoms with Gasteiger partial charge in [0.25, 0.3) is 0 Å². The topological polar surface area (TPSA) is 38.3 Å². The molecule has 98 valence electrons. The van der Waals surface area contributed by atoms with Crippen LogP contribution in [0.5, 0.6) is 0 Å². The first-order valence-electron chi connectivity index (χ1n) is 6.27. The predicted molar refractivity (Wildman–Crippen MR) is 73.2 cm³/mol. The van der Waals surface area contributed by atoms with Crippen LogP contribution in [0.1, 0.15) is 31.9 Å². The SMILES string of the molecule is C=CCC(C)NC(C(=O)OCC)c1ccccc1. The molecule has 0 fully saturated rings. The van der Waals surface area contributed by atoms with E-state index in [0.717, 1.165) is 12.0 Å². The molecule has 0 aliphatic rings. The van der Waals surface area contributed by atoms with Crippen LogP contribution < -0.4 is 5.32 Å². The summed E-state index contributed by atoms with van der Waals surface area (Å²) < 4.78 is 5.11. The molecule has 2 atom stereocenters. The van der Waals surface area contributed by atoms with Crippen LogP contribution >= 0.6 is 0 Å². The van der Waals surface area contributed by atoms with E-state index in [0.29, 0.717) is 6.61 Å². The number of rotatable bonds is 7. The van der Waals surface area contributed by atoms with Crippen LogP contribution in [0, 0.1) is 0 Å². The normalized spacial score (nSPS) is 13.7. The molecule has 0 aliphatic heterocycles. The molecule has 3 heteroatoms. The molecule has 0 saturated heterocycles. The van der Waals surface area contributed by atoms with Gasteiger partial charge < -0.3 is 4.74 Å². The lowest BCUT2D eigenvalue weighted by molar-refractivity contribution is -0.146. The summed E-state index contributed by atoms with van der Waals surface area (Å²) in [5.41, 5.74) is 0.923. The lowest BCUT2D eigenvalue weighted by Gasteiger charge is -2.21. The summed E-state index contributed by atoms with van der Waals surface area (Å²) in [7, 11) is 0. The number of nitrogens with one attached hydrogen (secondary N) is 1. The smallest absolute Gasteiger partial charge is 0.327 e. The number of carbonyl (C=O) groups is 1. The lowest BCUT2D eigenvalue weighted by Crippen LogP contribution is -2.36. The van der Waals surface area contributed by atoms with Crippen LogP contribution in [0.4, 0.5) is 0 Å². The van der Waals surface area contributed by atoms with Crippen LogP contribution in [-0.4, -0.2) is 18.6 Å². The Bertz CT molecular complexity index is 375. The van der Waals surface area contributed by atoms with Gasteiger partial charge in [0.05, 0.1) is 6.61 Å². The van der Waals surface area contributed by atoms with Crippen molar-refractivity contribution in [1.82, 2.24) is 5.32 Å². The molecule has 1 rings (SSSR count). The number of ether oxygens (including phenoxy) is 1. The Morgan fingerprint density at radius 2 is 2.11 bits per heavy atom. The van der Waals surface area contributed by atoms with Gasteiger partial charge in [-0.15, -0.1) is 6.58 Å². The van der Waals surface area contributed by atoms with E-state index in [1.54, 1.807) is 0 Å². The second-order valence-corrected chi connectivity index (χ2v) is 4.19. The summed E-state index contributed by atoms with van der Waals surface area (Å²) in [6.07, 6.45) is 2.65. The average molecular weight is 247 g/mol. The Balaban J connectivity index is 2.81. The zero-order chi connectivity index (χ0) is 13.4. The number of hydrogen-bond donors (Lipinski definition) is 1. The van der Waals surface area contributed by atoms with Crippen molar-refractivity contribution in [2.24, 2.45) is 0 Å². The Labute approximate surface area is 109 Å². The molecule has 3 nitrogen and oxygen atoms in total. The predicted octanol–water partition coefficient (Wildman–Crippen LogP) is 2.85. The Kier molecular flexibility index (Phi) is 6.15. The maximum absolute atomic E-state index is 12.0. The van der Waals surface area contributed by atoms with Gasteiger partial charge in [0, 0.05) is 6.04 Å². The molecule has 1 aromatic rings. The van der Waals surface area contributed by atoms with Crippen molar-refractivity contribution in [3.8, 4) is 0 Å². The molecule has 0 radical (unpaired) electrons. The quantitative estimate of drug-likeness (QED) is 0.595. The number of carbonyl (C=O) groups excluding carboxylic acids is 1. The summed E-state index contributed by atoms with van der Waals surface area (Å²) in [6.45, 7) is 7.93. The molecule has 0 bridgehead atoms. The number of hydrogen-bond acceptors (Lipinski definition) is 3. The monoisotopic (exact) mass is 247 g/mol. The van der Waals surface area contributed by atoms with Gasteiger partial charge in [0.15, 0.2) is 0 Å². The molecule has 0 saturated carbocycles. The van der Waals surface area contributed by atoms with Crippen molar-refractivity contribution in [3.05, 3.63) is 48.6 Å². The fourth-order valence-corrected chi connectivity index (χ4v) is 1.77. The standard InChI is InChI=1S/C15H21NO2/c1-4-9-12(3)16-14(15(17)18-5-2)13-10-7-6-8-11-13/h4,6-8,10-12,14,16H,1,5,9H2,2-3H3. The zero-order valence-electron chi connectivity index (χ0n) is 11.1. The second-order valence-electron chi connectivity index (χ2n) is 4.19.